The van der Waals surface area contributed by atoms with Gasteiger partial charge in [0.1, 0.15) is 0 Å². The highest BCUT2D eigenvalue weighted by atomic mass is 16.5. The van der Waals surface area contributed by atoms with Crippen LogP contribution in [0.15, 0.2) is 24.3 Å². The number of benzene rings is 1. The predicted molar refractivity (Wildman–Crippen MR) is 80.3 cm³/mol. The number of nitrogens with zero attached hydrogens (tertiary/aromatic N) is 1. The molecule has 0 aliphatic carbocycles. The van der Waals surface area contributed by atoms with E-state index in [1.807, 2.05) is 19.1 Å². The molecule has 0 bridgehead atoms. The van der Waals surface area contributed by atoms with Gasteiger partial charge in [0.25, 0.3) is 5.91 Å². The van der Waals surface area contributed by atoms with Crippen molar-refractivity contribution in [2.75, 3.05) is 44.7 Å². The normalized spacial score (nSPS) is 14.6. The minimum Gasteiger partial charge on any atom is -0.378 e. The van der Waals surface area contributed by atoms with Crippen molar-refractivity contribution in [3.63, 3.8) is 0 Å². The number of carbonyl (C=O) groups is 2. The summed E-state index contributed by atoms with van der Waals surface area (Å²) >= 11 is 0. The van der Waals surface area contributed by atoms with Crippen LogP contribution in [0.4, 0.5) is 5.69 Å². The maximum Gasteiger partial charge on any atom is 0.254 e. The molecule has 2 rings (SSSR count). The summed E-state index contributed by atoms with van der Waals surface area (Å²) in [6, 6.07) is 7.22. The molecule has 0 aromatic heterocycles. The van der Waals surface area contributed by atoms with Gasteiger partial charge in [0.15, 0.2) is 0 Å². The number of ether oxygens (including phenoxy) is 1. The third-order valence-corrected chi connectivity index (χ3v) is 3.23. The number of nitrogens with one attached hydrogen (secondary N) is 2. The van der Waals surface area contributed by atoms with Crippen LogP contribution in [0.25, 0.3) is 0 Å². The molecule has 0 saturated carbocycles. The van der Waals surface area contributed by atoms with Gasteiger partial charge in [0.2, 0.25) is 5.91 Å². The smallest absolute Gasteiger partial charge is 0.254 e. The average molecular weight is 291 g/mol. The summed E-state index contributed by atoms with van der Waals surface area (Å²) in [5.41, 5.74) is 1.39. The summed E-state index contributed by atoms with van der Waals surface area (Å²) in [5.74, 6) is -0.0673. The van der Waals surface area contributed by atoms with Gasteiger partial charge in [-0.25, -0.2) is 0 Å². The molecule has 1 heterocycles. The van der Waals surface area contributed by atoms with Crippen molar-refractivity contribution in [2.24, 2.45) is 0 Å². The van der Waals surface area contributed by atoms with Crippen LogP contribution in [0.3, 0.4) is 0 Å². The molecule has 1 aromatic rings. The predicted octanol–water partition coefficient (Wildman–Crippen LogP) is 0.707. The molecule has 0 atom stereocenters. The first-order valence-electron chi connectivity index (χ1n) is 7.18. The van der Waals surface area contributed by atoms with E-state index in [2.05, 4.69) is 10.6 Å². The van der Waals surface area contributed by atoms with Crippen LogP contribution < -0.4 is 10.6 Å². The lowest BCUT2D eigenvalue weighted by atomic mass is 10.1. The van der Waals surface area contributed by atoms with Gasteiger partial charge in [0.05, 0.1) is 19.8 Å². The molecule has 1 aliphatic heterocycles. The molecule has 114 valence electrons. The van der Waals surface area contributed by atoms with E-state index in [0.717, 1.165) is 5.69 Å². The zero-order valence-electron chi connectivity index (χ0n) is 12.2. The zero-order valence-corrected chi connectivity index (χ0v) is 12.2. The Bertz CT molecular complexity index is 499. The highest BCUT2D eigenvalue weighted by Crippen LogP contribution is 2.13. The topological polar surface area (TPSA) is 70.7 Å². The molecule has 1 fully saturated rings. The fourth-order valence-electron chi connectivity index (χ4n) is 2.15. The highest BCUT2D eigenvalue weighted by molar-refractivity contribution is 5.95. The summed E-state index contributed by atoms with van der Waals surface area (Å²) < 4.78 is 5.25. The first-order valence-corrected chi connectivity index (χ1v) is 7.18. The van der Waals surface area contributed by atoms with Crippen LogP contribution in [0.2, 0.25) is 0 Å². The Hall–Kier alpha value is -2.08. The molecule has 1 aliphatic rings. The Morgan fingerprint density at radius 2 is 2.05 bits per heavy atom. The standard InChI is InChI=1S/C15H21N3O3/c1-2-16-14(19)11-17-13-5-3-4-12(10-13)15(20)18-6-8-21-9-7-18/h3-5,10,17H,2,6-9,11H2,1H3,(H,16,19). The Morgan fingerprint density at radius 1 is 1.29 bits per heavy atom. The lowest BCUT2D eigenvalue weighted by molar-refractivity contribution is -0.119. The quantitative estimate of drug-likeness (QED) is 0.838. The summed E-state index contributed by atoms with van der Waals surface area (Å²) in [7, 11) is 0. The third-order valence-electron chi connectivity index (χ3n) is 3.23. The molecule has 1 aromatic carbocycles. The minimum atomic E-state index is -0.0672. The van der Waals surface area contributed by atoms with Crippen LogP contribution in [0.5, 0.6) is 0 Å². The average Bonchev–Trinajstić information content (AvgIpc) is 2.54. The molecule has 0 spiro atoms. The van der Waals surface area contributed by atoms with E-state index >= 15 is 0 Å². The van der Waals surface area contributed by atoms with E-state index in [1.54, 1.807) is 17.0 Å². The molecule has 1 saturated heterocycles. The van der Waals surface area contributed by atoms with E-state index in [0.29, 0.717) is 38.4 Å². The number of hydrogen-bond donors (Lipinski definition) is 2. The van der Waals surface area contributed by atoms with Crippen LogP contribution in [-0.4, -0.2) is 56.1 Å². The Morgan fingerprint density at radius 3 is 2.76 bits per heavy atom. The third kappa shape index (κ3) is 4.46. The molecule has 0 radical (unpaired) electrons. The second-order valence-corrected chi connectivity index (χ2v) is 4.79. The van der Waals surface area contributed by atoms with Crippen LogP contribution in [0.1, 0.15) is 17.3 Å². The van der Waals surface area contributed by atoms with Crippen molar-refractivity contribution in [3.8, 4) is 0 Å². The maximum atomic E-state index is 12.4. The van der Waals surface area contributed by atoms with Crippen LogP contribution in [0, 0.1) is 0 Å². The van der Waals surface area contributed by atoms with E-state index in [1.165, 1.54) is 0 Å². The molecule has 0 unspecified atom stereocenters. The summed E-state index contributed by atoms with van der Waals surface area (Å²) in [5, 5.41) is 5.73. The Labute approximate surface area is 124 Å². The van der Waals surface area contributed by atoms with Gasteiger partial charge in [-0.3, -0.25) is 9.59 Å². The number of rotatable bonds is 5. The minimum absolute atomic E-state index is 0.0000373. The molecular weight excluding hydrogens is 270 g/mol. The van der Waals surface area contributed by atoms with Gasteiger partial charge >= 0.3 is 0 Å². The van der Waals surface area contributed by atoms with Gasteiger partial charge in [-0.05, 0) is 25.1 Å². The van der Waals surface area contributed by atoms with E-state index < -0.39 is 0 Å². The molecule has 21 heavy (non-hydrogen) atoms. The molecule has 2 N–H and O–H groups in total. The first kappa shape index (κ1) is 15.3. The molecular formula is C15H21N3O3. The number of anilines is 1. The molecule has 2 amide bonds. The second-order valence-electron chi connectivity index (χ2n) is 4.79. The van der Waals surface area contributed by atoms with Gasteiger partial charge < -0.3 is 20.3 Å². The lowest BCUT2D eigenvalue weighted by Crippen LogP contribution is -2.40. The van der Waals surface area contributed by atoms with E-state index in [-0.39, 0.29) is 18.4 Å². The van der Waals surface area contributed by atoms with Gasteiger partial charge in [-0.2, -0.15) is 0 Å². The Balaban J connectivity index is 1.96. The second kappa shape index (κ2) is 7.64. The van der Waals surface area contributed by atoms with Crippen molar-refractivity contribution in [3.05, 3.63) is 29.8 Å². The van der Waals surface area contributed by atoms with Crippen molar-refractivity contribution in [2.45, 2.75) is 6.92 Å². The van der Waals surface area contributed by atoms with Gasteiger partial charge in [-0.15, -0.1) is 0 Å². The number of morpholine rings is 1. The fraction of sp³-hybridized carbons (Fsp3) is 0.467. The van der Waals surface area contributed by atoms with E-state index in [9.17, 15) is 9.59 Å². The van der Waals surface area contributed by atoms with Crippen molar-refractivity contribution in [1.29, 1.82) is 0 Å². The number of carbonyl (C=O) groups excluding carboxylic acids is 2. The van der Waals surface area contributed by atoms with Crippen LogP contribution in [-0.2, 0) is 9.53 Å². The molecule has 6 nitrogen and oxygen atoms in total. The molecule has 6 heteroatoms. The number of likely N-dealkylation sites (N-methyl/N-ethyl adjacent to an activating group) is 1. The maximum absolute atomic E-state index is 12.4. The highest BCUT2D eigenvalue weighted by Gasteiger charge is 2.18. The largest absolute Gasteiger partial charge is 0.378 e. The number of amides is 2. The van der Waals surface area contributed by atoms with Gasteiger partial charge in [0, 0.05) is 30.9 Å². The zero-order chi connectivity index (χ0) is 15.1. The monoisotopic (exact) mass is 291 g/mol. The fourth-order valence-corrected chi connectivity index (χ4v) is 2.15. The van der Waals surface area contributed by atoms with Crippen LogP contribution >= 0.6 is 0 Å². The Kier molecular flexibility index (Phi) is 5.57. The van der Waals surface area contributed by atoms with Crippen molar-refractivity contribution >= 4 is 17.5 Å². The SMILES string of the molecule is CCNC(=O)CNc1cccc(C(=O)N2CCOCC2)c1. The van der Waals surface area contributed by atoms with Gasteiger partial charge in [-0.1, -0.05) is 6.07 Å². The van der Waals surface area contributed by atoms with Crippen molar-refractivity contribution < 1.29 is 14.3 Å². The summed E-state index contributed by atoms with van der Waals surface area (Å²) in [6.45, 7) is 5.09. The number of hydrogen-bond acceptors (Lipinski definition) is 4. The summed E-state index contributed by atoms with van der Waals surface area (Å²) in [4.78, 5) is 25.6. The summed E-state index contributed by atoms with van der Waals surface area (Å²) in [6.07, 6.45) is 0. The first-order chi connectivity index (χ1) is 10.2. The van der Waals surface area contributed by atoms with E-state index in [4.69, 9.17) is 4.74 Å². The van der Waals surface area contributed by atoms with Crippen molar-refractivity contribution in [1.82, 2.24) is 10.2 Å². The lowest BCUT2D eigenvalue weighted by Gasteiger charge is -2.27.